The summed E-state index contributed by atoms with van der Waals surface area (Å²) in [6.45, 7) is 0. The number of anilines is 3. The zero-order valence-electron chi connectivity index (χ0n) is 32.0. The highest BCUT2D eigenvalue weighted by atomic mass is 16.3. The first-order chi connectivity index (χ1) is 29.2. The van der Waals surface area contributed by atoms with Gasteiger partial charge in [0.2, 0.25) is 5.89 Å². The van der Waals surface area contributed by atoms with E-state index >= 15 is 0 Å². The van der Waals surface area contributed by atoms with Gasteiger partial charge in [0.25, 0.3) is 0 Å². The molecule has 10 aromatic carbocycles. The molecule has 0 amide bonds. The number of oxazole rings is 1. The maximum Gasteiger partial charge on any atom is 0.227 e. The summed E-state index contributed by atoms with van der Waals surface area (Å²) < 4.78 is 9.29. The molecule has 276 valence electrons. The molecular formula is C55H35N3O. The molecular weight excluding hydrogens is 719 g/mol. The van der Waals surface area contributed by atoms with Crippen molar-refractivity contribution in [1.29, 1.82) is 0 Å². The van der Waals surface area contributed by atoms with Crippen LogP contribution in [0.25, 0.3) is 93.5 Å². The van der Waals surface area contributed by atoms with Gasteiger partial charge in [-0.05, 0) is 105 Å². The first-order valence-corrected chi connectivity index (χ1v) is 20.0. The summed E-state index contributed by atoms with van der Waals surface area (Å²) in [6, 6.07) is 75.8. The predicted octanol–water partition coefficient (Wildman–Crippen LogP) is 15.2. The van der Waals surface area contributed by atoms with E-state index in [1.165, 1.54) is 43.6 Å². The molecule has 0 radical (unpaired) electrons. The molecule has 0 unspecified atom stereocenters. The van der Waals surface area contributed by atoms with E-state index in [-0.39, 0.29) is 0 Å². The van der Waals surface area contributed by atoms with E-state index in [0.717, 1.165) is 61.1 Å². The first kappa shape index (κ1) is 33.2. The lowest BCUT2D eigenvalue weighted by atomic mass is 9.99. The lowest BCUT2D eigenvalue weighted by Gasteiger charge is -2.27. The van der Waals surface area contributed by atoms with Crippen molar-refractivity contribution < 1.29 is 4.42 Å². The van der Waals surface area contributed by atoms with Crippen molar-refractivity contribution in [3.05, 3.63) is 212 Å². The summed E-state index contributed by atoms with van der Waals surface area (Å²) in [7, 11) is 0. The number of nitrogens with zero attached hydrogens (tertiary/aromatic N) is 3. The molecule has 0 aliphatic rings. The van der Waals surface area contributed by atoms with Crippen molar-refractivity contribution in [1.82, 2.24) is 9.55 Å². The third kappa shape index (κ3) is 5.42. The van der Waals surface area contributed by atoms with Crippen LogP contribution in [0.3, 0.4) is 0 Å². The van der Waals surface area contributed by atoms with Crippen LogP contribution >= 0.6 is 0 Å². The number of benzene rings is 10. The summed E-state index contributed by atoms with van der Waals surface area (Å²) >= 11 is 0. The molecule has 0 spiro atoms. The molecule has 0 aliphatic carbocycles. The van der Waals surface area contributed by atoms with E-state index < -0.39 is 0 Å². The van der Waals surface area contributed by atoms with Crippen LogP contribution in [-0.4, -0.2) is 9.55 Å². The van der Waals surface area contributed by atoms with Crippen LogP contribution in [0.1, 0.15) is 0 Å². The molecule has 2 heterocycles. The number of hydrogen-bond donors (Lipinski definition) is 0. The van der Waals surface area contributed by atoms with Crippen LogP contribution < -0.4 is 4.90 Å². The smallest absolute Gasteiger partial charge is 0.227 e. The van der Waals surface area contributed by atoms with Gasteiger partial charge >= 0.3 is 0 Å². The molecule has 2 aromatic heterocycles. The Balaban J connectivity index is 1.14. The van der Waals surface area contributed by atoms with Crippen molar-refractivity contribution in [3.8, 4) is 28.3 Å². The minimum Gasteiger partial charge on any atom is -0.434 e. The van der Waals surface area contributed by atoms with E-state index in [1.807, 2.05) is 6.07 Å². The van der Waals surface area contributed by atoms with Crippen LogP contribution in [0.15, 0.2) is 217 Å². The van der Waals surface area contributed by atoms with Crippen LogP contribution in [0.5, 0.6) is 0 Å². The van der Waals surface area contributed by atoms with Gasteiger partial charge in [0, 0.05) is 33.1 Å². The van der Waals surface area contributed by atoms with E-state index in [1.54, 1.807) is 0 Å². The lowest BCUT2D eigenvalue weighted by Crippen LogP contribution is -2.11. The molecule has 0 saturated heterocycles. The zero-order chi connectivity index (χ0) is 38.9. The molecule has 0 aliphatic heterocycles. The summed E-state index contributed by atoms with van der Waals surface area (Å²) in [6.07, 6.45) is 0. The minimum atomic E-state index is 0.592. The highest BCUT2D eigenvalue weighted by Gasteiger charge is 2.25. The van der Waals surface area contributed by atoms with Gasteiger partial charge in [0.05, 0.1) is 22.4 Å². The van der Waals surface area contributed by atoms with Gasteiger partial charge in [-0.25, -0.2) is 4.98 Å². The highest BCUT2D eigenvalue weighted by Crippen LogP contribution is 2.48. The number of para-hydroxylation sites is 3. The Morgan fingerprint density at radius 2 is 1.05 bits per heavy atom. The van der Waals surface area contributed by atoms with Gasteiger partial charge in [-0.15, -0.1) is 0 Å². The fourth-order valence-corrected chi connectivity index (χ4v) is 9.00. The quantitative estimate of drug-likeness (QED) is 0.170. The van der Waals surface area contributed by atoms with Gasteiger partial charge in [-0.1, -0.05) is 146 Å². The Hall–Kier alpha value is -7.95. The lowest BCUT2D eigenvalue weighted by molar-refractivity contribution is 0.620. The maximum absolute atomic E-state index is 6.89. The predicted molar refractivity (Wildman–Crippen MR) is 246 cm³/mol. The second kappa shape index (κ2) is 13.3. The Labute approximate surface area is 340 Å². The first-order valence-electron chi connectivity index (χ1n) is 20.0. The molecule has 12 rings (SSSR count). The summed E-state index contributed by atoms with van der Waals surface area (Å²) in [4.78, 5) is 7.48. The molecule has 12 aromatic rings. The fourth-order valence-electron chi connectivity index (χ4n) is 9.00. The summed E-state index contributed by atoms with van der Waals surface area (Å²) in [5.41, 5.74) is 11.3. The molecule has 0 saturated carbocycles. The Bertz CT molecular complexity index is 3570. The van der Waals surface area contributed by atoms with E-state index in [2.05, 4.69) is 216 Å². The normalized spacial score (nSPS) is 11.7. The van der Waals surface area contributed by atoms with E-state index in [4.69, 9.17) is 9.40 Å². The standard InChI is InChI=1S/C55H35N3O/c1-3-14-36(15-4-1)39-27-28-41-34-44(31-30-40(41)32-39)58(50-25-13-23-48-54(50)59-55(56-48)42-29-26-37-16-7-8-17-38(37)33-42)51-35-52-53(46-21-10-9-20-45(46)51)47-22-11-12-24-49(47)57(52)43-18-5-2-6-19-43/h1-35H. The van der Waals surface area contributed by atoms with Crippen molar-refractivity contribution in [3.63, 3.8) is 0 Å². The molecule has 0 fully saturated rings. The number of hydrogen-bond acceptors (Lipinski definition) is 3. The van der Waals surface area contributed by atoms with E-state index in [9.17, 15) is 0 Å². The topological polar surface area (TPSA) is 34.2 Å². The summed E-state index contributed by atoms with van der Waals surface area (Å²) in [5, 5.41) is 9.43. The van der Waals surface area contributed by atoms with E-state index in [0.29, 0.717) is 5.89 Å². The minimum absolute atomic E-state index is 0.592. The maximum atomic E-state index is 6.89. The Morgan fingerprint density at radius 3 is 1.92 bits per heavy atom. The third-order valence-electron chi connectivity index (χ3n) is 11.7. The fraction of sp³-hybridized carbons (Fsp3) is 0. The van der Waals surface area contributed by atoms with Gasteiger partial charge < -0.3 is 13.9 Å². The number of aromatic nitrogens is 2. The molecule has 0 atom stereocenters. The molecule has 0 bridgehead atoms. The SMILES string of the molecule is c1ccc(-c2ccc3cc(N(c4cc5c(c6ccccc46)c4ccccc4n5-c4ccccc4)c4cccc5nc(-c6ccc7ccccc7c6)oc45)ccc3c2)cc1. The Kier molecular flexibility index (Phi) is 7.50. The van der Waals surface area contributed by atoms with Crippen LogP contribution in [0.4, 0.5) is 17.1 Å². The number of fused-ring (bicyclic) bond motifs is 8. The third-order valence-corrected chi connectivity index (χ3v) is 11.7. The molecule has 0 N–H and O–H groups in total. The van der Waals surface area contributed by atoms with Crippen LogP contribution in [0, 0.1) is 0 Å². The van der Waals surface area contributed by atoms with Crippen molar-refractivity contribution in [2.24, 2.45) is 0 Å². The van der Waals surface area contributed by atoms with Gasteiger partial charge in [-0.2, -0.15) is 0 Å². The molecule has 4 nitrogen and oxygen atoms in total. The second-order valence-corrected chi connectivity index (χ2v) is 15.2. The van der Waals surface area contributed by atoms with Crippen molar-refractivity contribution in [2.45, 2.75) is 0 Å². The van der Waals surface area contributed by atoms with Crippen molar-refractivity contribution >= 4 is 82.3 Å². The Morgan fingerprint density at radius 1 is 0.407 bits per heavy atom. The van der Waals surface area contributed by atoms with Crippen molar-refractivity contribution in [2.75, 3.05) is 4.90 Å². The highest BCUT2D eigenvalue weighted by molar-refractivity contribution is 6.25. The largest absolute Gasteiger partial charge is 0.434 e. The monoisotopic (exact) mass is 753 g/mol. The molecule has 59 heavy (non-hydrogen) atoms. The second-order valence-electron chi connectivity index (χ2n) is 15.2. The number of rotatable bonds is 6. The summed E-state index contributed by atoms with van der Waals surface area (Å²) in [5.74, 6) is 0.592. The average molecular weight is 754 g/mol. The van der Waals surface area contributed by atoms with Crippen LogP contribution in [0.2, 0.25) is 0 Å². The van der Waals surface area contributed by atoms with Crippen LogP contribution in [-0.2, 0) is 0 Å². The van der Waals surface area contributed by atoms with Gasteiger partial charge in [-0.3, -0.25) is 0 Å². The zero-order valence-corrected chi connectivity index (χ0v) is 32.0. The van der Waals surface area contributed by atoms with Gasteiger partial charge in [0.1, 0.15) is 5.52 Å². The molecule has 4 heteroatoms. The van der Waals surface area contributed by atoms with Gasteiger partial charge in [0.15, 0.2) is 5.58 Å². The average Bonchev–Trinajstić information content (AvgIpc) is 3.90.